The van der Waals surface area contributed by atoms with Crippen molar-refractivity contribution in [3.05, 3.63) is 55.9 Å². The molecule has 0 radical (unpaired) electrons. The highest BCUT2D eigenvalue weighted by molar-refractivity contribution is 5.75. The number of aryl methyl sites for hydroxylation is 1. The molecule has 0 saturated carbocycles. The van der Waals surface area contributed by atoms with E-state index in [1.807, 2.05) is 13.0 Å². The molecule has 0 spiro atoms. The van der Waals surface area contributed by atoms with Gasteiger partial charge < -0.3 is 5.32 Å². The first-order chi connectivity index (χ1) is 10.8. The fourth-order valence-corrected chi connectivity index (χ4v) is 1.98. The maximum atomic E-state index is 11.8. The second kappa shape index (κ2) is 8.92. The molecule has 0 saturated heterocycles. The van der Waals surface area contributed by atoms with Gasteiger partial charge in [-0.25, -0.2) is 4.79 Å². The largest absolute Gasteiger partial charge is 0.351 e. The van der Waals surface area contributed by atoms with Crippen LogP contribution in [0, 0.1) is 6.92 Å². The zero-order valence-corrected chi connectivity index (χ0v) is 14.2. The molecule has 2 N–H and O–H groups in total. The van der Waals surface area contributed by atoms with Gasteiger partial charge in [-0.15, -0.1) is 0 Å². The number of amides is 1. The average molecular weight is 319 g/mol. The third kappa shape index (κ3) is 6.95. The SMILES string of the molecule is CC(C)=CCCC(C)=CCNC(=O)Cn1cc(C)c(=O)[nH]c1=O. The lowest BCUT2D eigenvalue weighted by molar-refractivity contribution is -0.121. The molecule has 23 heavy (non-hydrogen) atoms. The van der Waals surface area contributed by atoms with Gasteiger partial charge in [-0.2, -0.15) is 0 Å². The van der Waals surface area contributed by atoms with E-state index in [9.17, 15) is 14.4 Å². The van der Waals surface area contributed by atoms with E-state index in [-0.39, 0.29) is 12.5 Å². The van der Waals surface area contributed by atoms with Crippen LogP contribution < -0.4 is 16.6 Å². The van der Waals surface area contributed by atoms with Crippen molar-refractivity contribution in [1.29, 1.82) is 0 Å². The predicted octanol–water partition coefficient (Wildman–Crippen LogP) is 1.65. The Morgan fingerprint density at radius 1 is 1.26 bits per heavy atom. The summed E-state index contributed by atoms with van der Waals surface area (Å²) in [5.74, 6) is -0.271. The van der Waals surface area contributed by atoms with E-state index in [2.05, 4.69) is 30.2 Å². The number of rotatable bonds is 7. The number of nitrogens with one attached hydrogen (secondary N) is 2. The molecule has 1 rings (SSSR count). The van der Waals surface area contributed by atoms with Gasteiger partial charge in [0.2, 0.25) is 5.91 Å². The van der Waals surface area contributed by atoms with Crippen molar-refractivity contribution >= 4 is 5.91 Å². The lowest BCUT2D eigenvalue weighted by atomic mass is 10.1. The molecule has 0 unspecified atom stereocenters. The summed E-state index contributed by atoms with van der Waals surface area (Å²) in [6.45, 7) is 8.07. The highest BCUT2D eigenvalue weighted by Crippen LogP contribution is 2.05. The minimum Gasteiger partial charge on any atom is -0.351 e. The first kappa shape index (κ1) is 18.7. The number of carbonyl (C=O) groups excluding carboxylic acids is 1. The third-order valence-electron chi connectivity index (χ3n) is 3.34. The summed E-state index contributed by atoms with van der Waals surface area (Å²) in [7, 11) is 0. The molecular formula is C17H25N3O3. The van der Waals surface area contributed by atoms with Gasteiger partial charge >= 0.3 is 5.69 Å². The highest BCUT2D eigenvalue weighted by Gasteiger charge is 2.05. The Kier molecular flexibility index (Phi) is 7.25. The highest BCUT2D eigenvalue weighted by atomic mass is 16.2. The summed E-state index contributed by atoms with van der Waals surface area (Å²) >= 11 is 0. The standard InChI is InChI=1S/C17H25N3O3/c1-12(2)6-5-7-13(3)8-9-18-15(21)11-20-10-14(4)16(22)19-17(20)23/h6,8,10H,5,7,9,11H2,1-4H3,(H,18,21)(H,19,22,23). The molecule has 0 fully saturated rings. The molecule has 0 aromatic carbocycles. The van der Waals surface area contributed by atoms with E-state index in [1.54, 1.807) is 6.92 Å². The maximum absolute atomic E-state index is 11.8. The van der Waals surface area contributed by atoms with E-state index in [4.69, 9.17) is 0 Å². The van der Waals surface area contributed by atoms with Crippen molar-refractivity contribution in [2.45, 2.75) is 47.1 Å². The van der Waals surface area contributed by atoms with Crippen LogP contribution in [0.5, 0.6) is 0 Å². The zero-order chi connectivity index (χ0) is 17.4. The van der Waals surface area contributed by atoms with Gasteiger partial charge in [-0.05, 0) is 40.5 Å². The fraction of sp³-hybridized carbons (Fsp3) is 0.471. The molecule has 6 heteroatoms. The average Bonchev–Trinajstić information content (AvgIpc) is 2.44. The summed E-state index contributed by atoms with van der Waals surface area (Å²) in [5, 5.41) is 2.74. The van der Waals surface area contributed by atoms with Crippen molar-refractivity contribution in [3.8, 4) is 0 Å². The second-order valence-electron chi connectivity index (χ2n) is 5.87. The first-order valence-corrected chi connectivity index (χ1v) is 7.65. The van der Waals surface area contributed by atoms with E-state index in [0.29, 0.717) is 12.1 Å². The van der Waals surface area contributed by atoms with Crippen LogP contribution in [0.25, 0.3) is 0 Å². The van der Waals surface area contributed by atoms with Gasteiger partial charge in [0.05, 0.1) is 0 Å². The van der Waals surface area contributed by atoms with Crippen LogP contribution >= 0.6 is 0 Å². The number of hydrogen-bond acceptors (Lipinski definition) is 3. The van der Waals surface area contributed by atoms with Crippen molar-refractivity contribution in [3.63, 3.8) is 0 Å². The number of H-pyrrole nitrogens is 1. The third-order valence-corrected chi connectivity index (χ3v) is 3.34. The predicted molar refractivity (Wildman–Crippen MR) is 91.5 cm³/mol. The van der Waals surface area contributed by atoms with Gasteiger partial charge in [-0.3, -0.25) is 19.1 Å². The number of aromatic nitrogens is 2. The van der Waals surface area contributed by atoms with Crippen LogP contribution in [0.1, 0.15) is 39.2 Å². The van der Waals surface area contributed by atoms with Crippen LogP contribution in [-0.4, -0.2) is 22.0 Å². The number of carbonyl (C=O) groups is 1. The lowest BCUT2D eigenvalue weighted by Gasteiger charge is -2.06. The molecule has 0 aliphatic carbocycles. The molecular weight excluding hydrogens is 294 g/mol. The zero-order valence-electron chi connectivity index (χ0n) is 14.2. The fourth-order valence-electron chi connectivity index (χ4n) is 1.98. The topological polar surface area (TPSA) is 84.0 Å². The van der Waals surface area contributed by atoms with E-state index in [1.165, 1.54) is 21.9 Å². The molecule has 1 aromatic rings. The van der Waals surface area contributed by atoms with Crippen LogP contribution in [-0.2, 0) is 11.3 Å². The Morgan fingerprint density at radius 2 is 1.96 bits per heavy atom. The van der Waals surface area contributed by atoms with Crippen LogP contribution in [0.4, 0.5) is 0 Å². The van der Waals surface area contributed by atoms with Crippen LogP contribution in [0.2, 0.25) is 0 Å². The Morgan fingerprint density at radius 3 is 2.61 bits per heavy atom. The van der Waals surface area contributed by atoms with E-state index in [0.717, 1.165) is 12.8 Å². The summed E-state index contributed by atoms with van der Waals surface area (Å²) < 4.78 is 1.19. The van der Waals surface area contributed by atoms with Gasteiger partial charge in [0.25, 0.3) is 5.56 Å². The van der Waals surface area contributed by atoms with Crippen molar-refractivity contribution < 1.29 is 4.79 Å². The van der Waals surface area contributed by atoms with E-state index >= 15 is 0 Å². The second-order valence-corrected chi connectivity index (χ2v) is 5.87. The minimum atomic E-state index is -0.579. The number of aromatic amines is 1. The summed E-state index contributed by atoms with van der Waals surface area (Å²) in [5.41, 5.74) is 1.89. The monoisotopic (exact) mass is 319 g/mol. The number of hydrogen-bond donors (Lipinski definition) is 2. The van der Waals surface area contributed by atoms with Crippen molar-refractivity contribution in [1.82, 2.24) is 14.9 Å². The van der Waals surface area contributed by atoms with Gasteiger partial charge in [0, 0.05) is 18.3 Å². The molecule has 1 amide bonds. The molecule has 0 aliphatic heterocycles. The molecule has 0 bridgehead atoms. The minimum absolute atomic E-state index is 0.110. The smallest absolute Gasteiger partial charge is 0.328 e. The Labute approximate surface area is 135 Å². The van der Waals surface area contributed by atoms with Crippen LogP contribution in [0.15, 0.2) is 39.1 Å². The lowest BCUT2D eigenvalue weighted by Crippen LogP contribution is -2.36. The number of nitrogens with zero attached hydrogens (tertiary/aromatic N) is 1. The Balaban J connectivity index is 2.49. The summed E-state index contributed by atoms with van der Waals surface area (Å²) in [4.78, 5) is 36.9. The summed E-state index contributed by atoms with van der Waals surface area (Å²) in [6.07, 6.45) is 7.49. The van der Waals surface area contributed by atoms with Gasteiger partial charge in [0.1, 0.15) is 6.54 Å². The molecule has 126 valence electrons. The normalized spacial score (nSPS) is 11.2. The van der Waals surface area contributed by atoms with Crippen molar-refractivity contribution in [2.75, 3.05) is 6.54 Å². The number of allylic oxidation sites excluding steroid dienone is 3. The first-order valence-electron chi connectivity index (χ1n) is 7.65. The molecule has 0 atom stereocenters. The van der Waals surface area contributed by atoms with E-state index < -0.39 is 11.2 Å². The molecule has 6 nitrogen and oxygen atoms in total. The van der Waals surface area contributed by atoms with Gasteiger partial charge in [-0.1, -0.05) is 23.3 Å². The quantitative estimate of drug-likeness (QED) is 0.750. The van der Waals surface area contributed by atoms with Crippen LogP contribution in [0.3, 0.4) is 0 Å². The van der Waals surface area contributed by atoms with Crippen molar-refractivity contribution in [2.24, 2.45) is 0 Å². The molecule has 0 aliphatic rings. The Bertz CT molecular complexity index is 719. The van der Waals surface area contributed by atoms with Gasteiger partial charge in [0.15, 0.2) is 0 Å². The molecule has 1 heterocycles. The molecule has 1 aromatic heterocycles. The summed E-state index contributed by atoms with van der Waals surface area (Å²) in [6, 6.07) is 0. The maximum Gasteiger partial charge on any atom is 0.328 e. The Hall–Kier alpha value is -2.37.